The Labute approximate surface area is 102 Å². The molecule has 17 heavy (non-hydrogen) atoms. The summed E-state index contributed by atoms with van der Waals surface area (Å²) in [5, 5.41) is 3.17. The van der Waals surface area contributed by atoms with Gasteiger partial charge in [-0.25, -0.2) is 0 Å². The summed E-state index contributed by atoms with van der Waals surface area (Å²) in [6.45, 7) is 3.55. The molecule has 1 saturated heterocycles. The minimum Gasteiger partial charge on any atom is -0.317 e. The van der Waals surface area contributed by atoms with Crippen molar-refractivity contribution in [3.05, 3.63) is 29.8 Å². The number of rotatable bonds is 3. The van der Waals surface area contributed by atoms with Crippen molar-refractivity contribution < 1.29 is 12.6 Å². The van der Waals surface area contributed by atoms with Crippen LogP contribution in [0.4, 0.5) is 0 Å². The van der Waals surface area contributed by atoms with Crippen LogP contribution < -0.4 is 5.32 Å². The van der Waals surface area contributed by atoms with Gasteiger partial charge in [0, 0.05) is 0 Å². The SMILES string of the molecule is Cc1ccc(S(=O)(=O)OC2CCNCC2)cc1. The monoisotopic (exact) mass is 255 g/mol. The van der Waals surface area contributed by atoms with Crippen molar-refractivity contribution in [3.63, 3.8) is 0 Å². The predicted molar refractivity (Wildman–Crippen MR) is 65.3 cm³/mol. The maximum absolute atomic E-state index is 12.0. The molecule has 5 heteroatoms. The minimum absolute atomic E-state index is 0.192. The van der Waals surface area contributed by atoms with Crippen LogP contribution in [-0.2, 0) is 14.3 Å². The topological polar surface area (TPSA) is 55.4 Å². The number of nitrogens with one attached hydrogen (secondary N) is 1. The van der Waals surface area contributed by atoms with Crippen molar-refractivity contribution in [2.45, 2.75) is 30.8 Å². The Morgan fingerprint density at radius 3 is 2.35 bits per heavy atom. The van der Waals surface area contributed by atoms with Crippen LogP contribution >= 0.6 is 0 Å². The van der Waals surface area contributed by atoms with Gasteiger partial charge in [-0.1, -0.05) is 17.7 Å². The molecule has 0 amide bonds. The van der Waals surface area contributed by atoms with Gasteiger partial charge in [0.2, 0.25) is 0 Å². The molecular weight excluding hydrogens is 238 g/mol. The molecular formula is C12H17NO3S. The van der Waals surface area contributed by atoms with E-state index in [0.29, 0.717) is 0 Å². The third-order valence-corrected chi connectivity index (χ3v) is 4.23. The van der Waals surface area contributed by atoms with Gasteiger partial charge in [0.15, 0.2) is 0 Å². The molecule has 1 fully saturated rings. The van der Waals surface area contributed by atoms with Crippen molar-refractivity contribution in [2.24, 2.45) is 0 Å². The maximum Gasteiger partial charge on any atom is 0.297 e. The van der Waals surface area contributed by atoms with Crippen molar-refractivity contribution in [3.8, 4) is 0 Å². The average molecular weight is 255 g/mol. The van der Waals surface area contributed by atoms with E-state index in [1.165, 1.54) is 0 Å². The Kier molecular flexibility index (Phi) is 3.81. The van der Waals surface area contributed by atoms with Crippen LogP contribution in [0.5, 0.6) is 0 Å². The van der Waals surface area contributed by atoms with Crippen molar-refractivity contribution >= 4 is 10.1 Å². The van der Waals surface area contributed by atoms with Crippen LogP contribution in [0.15, 0.2) is 29.2 Å². The summed E-state index contributed by atoms with van der Waals surface area (Å²) in [5.41, 5.74) is 1.03. The van der Waals surface area contributed by atoms with Crippen LogP contribution in [0.1, 0.15) is 18.4 Å². The molecule has 0 aromatic heterocycles. The highest BCUT2D eigenvalue weighted by Crippen LogP contribution is 2.18. The van der Waals surface area contributed by atoms with E-state index < -0.39 is 10.1 Å². The van der Waals surface area contributed by atoms with Crippen molar-refractivity contribution in [1.82, 2.24) is 5.32 Å². The van der Waals surface area contributed by atoms with E-state index in [1.807, 2.05) is 6.92 Å². The Balaban J connectivity index is 2.10. The van der Waals surface area contributed by atoms with E-state index in [0.717, 1.165) is 31.5 Å². The Morgan fingerprint density at radius 1 is 1.18 bits per heavy atom. The minimum atomic E-state index is -3.60. The van der Waals surface area contributed by atoms with Gasteiger partial charge in [-0.05, 0) is 45.0 Å². The molecule has 1 heterocycles. The summed E-state index contributed by atoms with van der Waals surface area (Å²) < 4.78 is 29.2. The number of piperidine rings is 1. The first kappa shape index (κ1) is 12.5. The normalized spacial score (nSPS) is 18.2. The smallest absolute Gasteiger partial charge is 0.297 e. The summed E-state index contributed by atoms with van der Waals surface area (Å²) in [5.74, 6) is 0. The molecule has 0 radical (unpaired) electrons. The second-order valence-electron chi connectivity index (χ2n) is 4.31. The van der Waals surface area contributed by atoms with Gasteiger partial charge < -0.3 is 5.32 Å². The summed E-state index contributed by atoms with van der Waals surface area (Å²) in [6.07, 6.45) is 1.29. The molecule has 1 aliphatic heterocycles. The number of hydrogen-bond donors (Lipinski definition) is 1. The first-order valence-electron chi connectivity index (χ1n) is 5.78. The third kappa shape index (κ3) is 3.28. The Hall–Kier alpha value is -0.910. The van der Waals surface area contributed by atoms with E-state index in [-0.39, 0.29) is 11.0 Å². The Morgan fingerprint density at radius 2 is 1.76 bits per heavy atom. The lowest BCUT2D eigenvalue weighted by Gasteiger charge is -2.22. The first-order valence-corrected chi connectivity index (χ1v) is 7.19. The lowest BCUT2D eigenvalue weighted by molar-refractivity contribution is 0.170. The molecule has 1 aromatic carbocycles. The van der Waals surface area contributed by atoms with E-state index in [9.17, 15) is 8.42 Å². The van der Waals surface area contributed by atoms with E-state index in [1.54, 1.807) is 24.3 Å². The zero-order chi connectivity index (χ0) is 12.3. The van der Waals surface area contributed by atoms with E-state index in [2.05, 4.69) is 5.32 Å². The van der Waals surface area contributed by atoms with Crippen molar-refractivity contribution in [1.29, 1.82) is 0 Å². The van der Waals surface area contributed by atoms with Gasteiger partial charge in [-0.2, -0.15) is 8.42 Å². The summed E-state index contributed by atoms with van der Waals surface area (Å²) in [7, 11) is -3.60. The van der Waals surface area contributed by atoms with Gasteiger partial charge >= 0.3 is 0 Å². The molecule has 4 nitrogen and oxygen atoms in total. The lowest BCUT2D eigenvalue weighted by Crippen LogP contribution is -2.33. The molecule has 0 bridgehead atoms. The maximum atomic E-state index is 12.0. The molecule has 0 aliphatic carbocycles. The summed E-state index contributed by atoms with van der Waals surface area (Å²) in [6, 6.07) is 6.73. The Bertz CT molecular complexity index is 461. The van der Waals surface area contributed by atoms with E-state index >= 15 is 0 Å². The predicted octanol–water partition coefficient (Wildman–Crippen LogP) is 1.45. The number of hydrogen-bond acceptors (Lipinski definition) is 4. The first-order chi connectivity index (χ1) is 8.08. The molecule has 0 spiro atoms. The molecule has 94 valence electrons. The van der Waals surface area contributed by atoms with Gasteiger partial charge in [0.05, 0.1) is 11.0 Å². The standard InChI is InChI=1S/C12H17NO3S/c1-10-2-4-12(5-3-10)17(14,15)16-11-6-8-13-9-7-11/h2-5,11,13H,6-9H2,1H3. The number of benzene rings is 1. The average Bonchev–Trinajstić information content (AvgIpc) is 2.30. The number of aryl methyl sites for hydroxylation is 1. The van der Waals surface area contributed by atoms with Crippen LogP contribution in [0.25, 0.3) is 0 Å². The zero-order valence-electron chi connectivity index (χ0n) is 9.85. The fourth-order valence-corrected chi connectivity index (χ4v) is 2.96. The van der Waals surface area contributed by atoms with Gasteiger partial charge in [-0.15, -0.1) is 0 Å². The quantitative estimate of drug-likeness (QED) is 0.831. The fourth-order valence-electron chi connectivity index (χ4n) is 1.83. The van der Waals surface area contributed by atoms with Gasteiger partial charge in [-0.3, -0.25) is 4.18 Å². The molecule has 0 unspecified atom stereocenters. The molecule has 1 aliphatic rings. The highest BCUT2D eigenvalue weighted by atomic mass is 32.2. The molecule has 0 atom stereocenters. The highest BCUT2D eigenvalue weighted by Gasteiger charge is 2.23. The molecule has 1 N–H and O–H groups in total. The highest BCUT2D eigenvalue weighted by molar-refractivity contribution is 7.86. The zero-order valence-corrected chi connectivity index (χ0v) is 10.7. The van der Waals surface area contributed by atoms with Gasteiger partial charge in [0.25, 0.3) is 10.1 Å². The largest absolute Gasteiger partial charge is 0.317 e. The lowest BCUT2D eigenvalue weighted by atomic mass is 10.1. The van der Waals surface area contributed by atoms with E-state index in [4.69, 9.17) is 4.18 Å². The van der Waals surface area contributed by atoms with Gasteiger partial charge in [0.1, 0.15) is 0 Å². The van der Waals surface area contributed by atoms with Crippen LogP contribution in [0.2, 0.25) is 0 Å². The molecule has 1 aromatic rings. The van der Waals surface area contributed by atoms with Crippen LogP contribution in [0.3, 0.4) is 0 Å². The van der Waals surface area contributed by atoms with Crippen molar-refractivity contribution in [2.75, 3.05) is 13.1 Å². The fraction of sp³-hybridized carbons (Fsp3) is 0.500. The second kappa shape index (κ2) is 5.16. The van der Waals surface area contributed by atoms with Crippen LogP contribution in [-0.4, -0.2) is 27.6 Å². The molecule has 0 saturated carbocycles. The second-order valence-corrected chi connectivity index (χ2v) is 5.88. The van der Waals surface area contributed by atoms with Crippen LogP contribution in [0, 0.1) is 6.92 Å². The summed E-state index contributed by atoms with van der Waals surface area (Å²) in [4.78, 5) is 0.238. The molecule has 2 rings (SSSR count). The summed E-state index contributed by atoms with van der Waals surface area (Å²) >= 11 is 0. The third-order valence-electron chi connectivity index (χ3n) is 2.86.